The van der Waals surface area contributed by atoms with E-state index in [2.05, 4.69) is 5.32 Å². The number of hydrogen-bond acceptors (Lipinski definition) is 3. The summed E-state index contributed by atoms with van der Waals surface area (Å²) in [5.41, 5.74) is 1.10. The third-order valence-electron chi connectivity index (χ3n) is 3.23. The van der Waals surface area contributed by atoms with Crippen molar-refractivity contribution < 1.29 is 14.3 Å². The highest BCUT2D eigenvalue weighted by Gasteiger charge is 2.09. The number of nitrogens with one attached hydrogen (secondary N) is 1. The van der Waals surface area contributed by atoms with E-state index in [4.69, 9.17) is 44.3 Å². The summed E-state index contributed by atoms with van der Waals surface area (Å²) in [6, 6.07) is 10.6. The summed E-state index contributed by atoms with van der Waals surface area (Å²) in [5.74, 6) is 0.872. The van der Waals surface area contributed by atoms with Crippen LogP contribution >= 0.6 is 34.8 Å². The van der Waals surface area contributed by atoms with Gasteiger partial charge in [0.1, 0.15) is 11.5 Å². The monoisotopic (exact) mass is 387 g/mol. The number of ether oxygens (including phenoxy) is 2. The molecule has 2 aromatic rings. The molecule has 0 aromatic heterocycles. The van der Waals surface area contributed by atoms with Gasteiger partial charge in [0.25, 0.3) is 5.91 Å². The Bertz CT molecular complexity index is 705. The second-order valence-corrected chi connectivity index (χ2v) is 6.16. The van der Waals surface area contributed by atoms with Crippen molar-refractivity contribution in [2.45, 2.75) is 6.42 Å². The molecule has 1 amide bonds. The molecule has 7 heteroatoms. The first-order valence-electron chi connectivity index (χ1n) is 7.16. The van der Waals surface area contributed by atoms with Crippen LogP contribution in [0.4, 0.5) is 0 Å². The average molecular weight is 389 g/mol. The summed E-state index contributed by atoms with van der Waals surface area (Å²) in [6.07, 6.45) is 0.712. The largest absolute Gasteiger partial charge is 0.497 e. The predicted octanol–water partition coefficient (Wildman–Crippen LogP) is 4.39. The summed E-state index contributed by atoms with van der Waals surface area (Å²) < 4.78 is 10.5. The van der Waals surface area contributed by atoms with Gasteiger partial charge < -0.3 is 14.8 Å². The van der Waals surface area contributed by atoms with Crippen LogP contribution < -0.4 is 14.8 Å². The SMILES string of the molecule is COc1ccc(CCNC(=O)COc2cc(Cl)c(Cl)cc2Cl)cc1. The number of rotatable bonds is 7. The van der Waals surface area contributed by atoms with Gasteiger partial charge in [-0.1, -0.05) is 46.9 Å². The fraction of sp³-hybridized carbons (Fsp3) is 0.235. The number of carbonyl (C=O) groups excluding carboxylic acids is 1. The molecule has 0 bridgehead atoms. The Hall–Kier alpha value is -1.62. The van der Waals surface area contributed by atoms with Crippen LogP contribution in [0.2, 0.25) is 15.1 Å². The van der Waals surface area contributed by atoms with Crippen LogP contribution in [-0.2, 0) is 11.2 Å². The molecular weight excluding hydrogens is 373 g/mol. The van der Waals surface area contributed by atoms with Gasteiger partial charge in [-0.25, -0.2) is 0 Å². The van der Waals surface area contributed by atoms with E-state index >= 15 is 0 Å². The molecule has 0 atom stereocenters. The van der Waals surface area contributed by atoms with Crippen molar-refractivity contribution >= 4 is 40.7 Å². The first-order valence-corrected chi connectivity index (χ1v) is 8.30. The Morgan fingerprint density at radius 3 is 2.38 bits per heavy atom. The highest BCUT2D eigenvalue weighted by atomic mass is 35.5. The summed E-state index contributed by atoms with van der Waals surface area (Å²) in [4.78, 5) is 11.8. The van der Waals surface area contributed by atoms with Crippen LogP contribution in [0.3, 0.4) is 0 Å². The van der Waals surface area contributed by atoms with E-state index in [0.29, 0.717) is 33.8 Å². The summed E-state index contributed by atoms with van der Waals surface area (Å²) >= 11 is 17.7. The zero-order chi connectivity index (χ0) is 17.5. The van der Waals surface area contributed by atoms with Gasteiger partial charge in [-0.2, -0.15) is 0 Å². The fourth-order valence-corrected chi connectivity index (χ4v) is 2.54. The van der Waals surface area contributed by atoms with Gasteiger partial charge in [-0.3, -0.25) is 4.79 Å². The van der Waals surface area contributed by atoms with Crippen LogP contribution in [0, 0.1) is 0 Å². The molecule has 0 fully saturated rings. The molecule has 0 saturated heterocycles. The second kappa shape index (κ2) is 9.02. The molecule has 2 aromatic carbocycles. The van der Waals surface area contributed by atoms with E-state index in [-0.39, 0.29) is 12.5 Å². The van der Waals surface area contributed by atoms with E-state index in [1.807, 2.05) is 24.3 Å². The normalized spacial score (nSPS) is 10.3. The second-order valence-electron chi connectivity index (χ2n) is 4.93. The Kier molecular flexibility index (Phi) is 7.03. The van der Waals surface area contributed by atoms with E-state index in [9.17, 15) is 4.79 Å². The molecule has 24 heavy (non-hydrogen) atoms. The van der Waals surface area contributed by atoms with Gasteiger partial charge in [0.05, 0.1) is 22.2 Å². The number of hydrogen-bond donors (Lipinski definition) is 1. The van der Waals surface area contributed by atoms with Crippen LogP contribution in [0.25, 0.3) is 0 Å². The Morgan fingerprint density at radius 1 is 1.04 bits per heavy atom. The minimum atomic E-state index is -0.245. The first kappa shape index (κ1) is 18.7. The van der Waals surface area contributed by atoms with Gasteiger partial charge in [0.15, 0.2) is 6.61 Å². The third kappa shape index (κ3) is 5.48. The van der Waals surface area contributed by atoms with Gasteiger partial charge in [0.2, 0.25) is 0 Å². The maximum atomic E-state index is 11.8. The molecule has 0 unspecified atom stereocenters. The molecule has 0 aliphatic heterocycles. The molecule has 0 heterocycles. The van der Waals surface area contributed by atoms with Gasteiger partial charge in [0, 0.05) is 12.6 Å². The highest BCUT2D eigenvalue weighted by Crippen LogP contribution is 2.33. The van der Waals surface area contributed by atoms with Crippen LogP contribution in [0.15, 0.2) is 36.4 Å². The molecule has 128 valence electrons. The average Bonchev–Trinajstić information content (AvgIpc) is 2.57. The van der Waals surface area contributed by atoms with Crippen LogP contribution in [0.1, 0.15) is 5.56 Å². The third-order valence-corrected chi connectivity index (χ3v) is 4.25. The number of methoxy groups -OCH3 is 1. The molecule has 1 N–H and O–H groups in total. The van der Waals surface area contributed by atoms with Crippen molar-refractivity contribution in [3.05, 3.63) is 57.0 Å². The predicted molar refractivity (Wildman–Crippen MR) is 96.7 cm³/mol. The molecule has 2 rings (SSSR count). The Balaban J connectivity index is 1.76. The van der Waals surface area contributed by atoms with Crippen LogP contribution in [0.5, 0.6) is 11.5 Å². The molecule has 0 aliphatic rings. The molecular formula is C17H16Cl3NO3. The quantitative estimate of drug-likeness (QED) is 0.715. The lowest BCUT2D eigenvalue weighted by atomic mass is 10.1. The zero-order valence-corrected chi connectivity index (χ0v) is 15.2. The summed E-state index contributed by atoms with van der Waals surface area (Å²) in [6.45, 7) is 0.351. The lowest BCUT2D eigenvalue weighted by Gasteiger charge is -2.10. The summed E-state index contributed by atoms with van der Waals surface area (Å²) in [7, 11) is 1.62. The van der Waals surface area contributed by atoms with Crippen molar-refractivity contribution in [1.29, 1.82) is 0 Å². The van der Waals surface area contributed by atoms with E-state index in [0.717, 1.165) is 11.3 Å². The van der Waals surface area contributed by atoms with Crippen molar-refractivity contribution in [3.63, 3.8) is 0 Å². The van der Waals surface area contributed by atoms with Gasteiger partial charge in [-0.05, 0) is 30.2 Å². The summed E-state index contributed by atoms with van der Waals surface area (Å²) in [5, 5.41) is 3.73. The van der Waals surface area contributed by atoms with Crippen molar-refractivity contribution in [1.82, 2.24) is 5.32 Å². The van der Waals surface area contributed by atoms with Crippen LogP contribution in [-0.4, -0.2) is 26.2 Å². The smallest absolute Gasteiger partial charge is 0.257 e. The molecule has 0 spiro atoms. The number of carbonyl (C=O) groups is 1. The fourth-order valence-electron chi connectivity index (χ4n) is 1.95. The van der Waals surface area contributed by atoms with Crippen molar-refractivity contribution in [2.24, 2.45) is 0 Å². The molecule has 0 aliphatic carbocycles. The molecule has 4 nitrogen and oxygen atoms in total. The number of benzene rings is 2. The minimum Gasteiger partial charge on any atom is -0.497 e. The molecule has 0 saturated carbocycles. The van der Waals surface area contributed by atoms with Gasteiger partial charge >= 0.3 is 0 Å². The zero-order valence-electron chi connectivity index (χ0n) is 12.9. The van der Waals surface area contributed by atoms with E-state index < -0.39 is 0 Å². The Labute approximate surface area is 155 Å². The highest BCUT2D eigenvalue weighted by molar-refractivity contribution is 6.43. The van der Waals surface area contributed by atoms with E-state index in [1.165, 1.54) is 12.1 Å². The first-order chi connectivity index (χ1) is 11.5. The van der Waals surface area contributed by atoms with Crippen molar-refractivity contribution in [2.75, 3.05) is 20.3 Å². The lowest BCUT2D eigenvalue weighted by Crippen LogP contribution is -2.30. The Morgan fingerprint density at radius 2 is 1.71 bits per heavy atom. The van der Waals surface area contributed by atoms with Crippen molar-refractivity contribution in [3.8, 4) is 11.5 Å². The maximum absolute atomic E-state index is 11.8. The van der Waals surface area contributed by atoms with E-state index in [1.54, 1.807) is 7.11 Å². The van der Waals surface area contributed by atoms with Gasteiger partial charge in [-0.15, -0.1) is 0 Å². The number of halogens is 3. The lowest BCUT2D eigenvalue weighted by molar-refractivity contribution is -0.123. The minimum absolute atomic E-state index is 0.152. The topological polar surface area (TPSA) is 47.6 Å². The number of amides is 1. The standard InChI is InChI=1S/C17H16Cl3NO3/c1-23-12-4-2-11(3-5-12)6-7-21-17(22)10-24-16-9-14(19)13(18)8-15(16)20/h2-5,8-9H,6-7,10H2,1H3,(H,21,22). The maximum Gasteiger partial charge on any atom is 0.257 e. The molecule has 0 radical (unpaired) electrons.